The smallest absolute Gasteiger partial charge is 0.131 e. The van der Waals surface area contributed by atoms with E-state index in [0.29, 0.717) is 11.7 Å². The van der Waals surface area contributed by atoms with Crippen LogP contribution >= 0.6 is 0 Å². The molecule has 33 heavy (non-hydrogen) atoms. The number of nitrogens with zero attached hydrogens (tertiary/aromatic N) is 3. The third-order valence-electron chi connectivity index (χ3n) is 6.17. The quantitative estimate of drug-likeness (QED) is 0.561. The van der Waals surface area contributed by atoms with Gasteiger partial charge in [-0.25, -0.2) is 4.98 Å². The topological polar surface area (TPSA) is 73.4 Å². The van der Waals surface area contributed by atoms with Crippen molar-refractivity contribution in [3.8, 4) is 22.3 Å². The summed E-state index contributed by atoms with van der Waals surface area (Å²) in [4.78, 5) is 13.3. The number of nitrogens with two attached hydrogens (primary N) is 1. The van der Waals surface area contributed by atoms with Gasteiger partial charge < -0.3 is 10.5 Å². The minimum absolute atomic E-state index is 0.445. The molecule has 2 aliphatic heterocycles. The molecule has 0 saturated carbocycles. The Morgan fingerprint density at radius 1 is 0.939 bits per heavy atom. The first-order valence-corrected chi connectivity index (χ1v) is 11.2. The number of aliphatic imine (C=N–C) groups is 1. The van der Waals surface area contributed by atoms with Crippen molar-refractivity contribution in [2.75, 3.05) is 18.9 Å². The highest BCUT2D eigenvalue weighted by molar-refractivity contribution is 5.86. The molecule has 2 aromatic heterocycles. The van der Waals surface area contributed by atoms with Crippen LogP contribution in [0.2, 0.25) is 0 Å². The summed E-state index contributed by atoms with van der Waals surface area (Å²) >= 11 is 0. The molecule has 0 bridgehead atoms. The van der Waals surface area contributed by atoms with Crippen LogP contribution in [0.3, 0.4) is 0 Å². The number of aromatic nitrogens is 2. The number of anilines is 1. The molecule has 5 rings (SSSR count). The highest BCUT2D eigenvalue weighted by Gasteiger charge is 2.21. The highest BCUT2D eigenvalue weighted by atomic mass is 16.5. The van der Waals surface area contributed by atoms with E-state index in [1.165, 1.54) is 5.56 Å². The van der Waals surface area contributed by atoms with Crippen LogP contribution < -0.4 is 5.73 Å². The zero-order valence-corrected chi connectivity index (χ0v) is 18.4. The number of hydrogen-bond donors (Lipinski definition) is 1. The molecule has 0 radical (unpaired) electrons. The van der Waals surface area contributed by atoms with Gasteiger partial charge in [0.15, 0.2) is 0 Å². The predicted octanol–water partition coefficient (Wildman–Crippen LogP) is 5.82. The molecule has 2 aliphatic rings. The lowest BCUT2D eigenvalue weighted by molar-refractivity contribution is 0.0853. The maximum atomic E-state index is 6.21. The fourth-order valence-corrected chi connectivity index (χ4v) is 4.42. The van der Waals surface area contributed by atoms with Gasteiger partial charge in [-0.1, -0.05) is 24.8 Å². The normalized spacial score (nSPS) is 16.5. The molecule has 3 aromatic rings. The average Bonchev–Trinajstić information content (AvgIpc) is 3.09. The zero-order valence-electron chi connectivity index (χ0n) is 18.4. The Hall–Kier alpha value is -3.83. The number of benzene rings is 1. The second-order valence-corrected chi connectivity index (χ2v) is 8.32. The molecular formula is C28H26N4O. The number of hydrogen-bond acceptors (Lipinski definition) is 5. The molecule has 0 spiro atoms. The van der Waals surface area contributed by atoms with Crippen molar-refractivity contribution in [3.05, 3.63) is 96.5 Å². The highest BCUT2D eigenvalue weighted by Crippen LogP contribution is 2.37. The van der Waals surface area contributed by atoms with Crippen LogP contribution in [0.5, 0.6) is 0 Å². The van der Waals surface area contributed by atoms with E-state index in [2.05, 4.69) is 40.8 Å². The molecule has 0 unspecified atom stereocenters. The fourth-order valence-electron chi connectivity index (χ4n) is 4.42. The maximum absolute atomic E-state index is 6.21. The van der Waals surface area contributed by atoms with E-state index in [4.69, 9.17) is 15.5 Å². The number of ether oxygens (including phenoxy) is 1. The molecule has 5 heteroatoms. The molecule has 1 fully saturated rings. The molecule has 0 atom stereocenters. The van der Waals surface area contributed by atoms with Gasteiger partial charge in [0.1, 0.15) is 5.82 Å². The third kappa shape index (κ3) is 4.54. The van der Waals surface area contributed by atoms with Gasteiger partial charge in [0.05, 0.1) is 5.70 Å². The van der Waals surface area contributed by atoms with Crippen LogP contribution in [0.1, 0.15) is 29.9 Å². The molecule has 164 valence electrons. The molecule has 1 aromatic carbocycles. The van der Waals surface area contributed by atoms with E-state index in [1.54, 1.807) is 12.4 Å². The summed E-state index contributed by atoms with van der Waals surface area (Å²) in [5, 5.41) is 0. The standard InChI is InChI=1S/C28H26N4O/c1-19-3-2-10-31-27(15-19)26-16-22(4-5-24(26)21-8-13-33-14-9-21)23-17-25(28(29)32-18-23)20-6-11-30-12-7-20/h2-7,10-12,15-18,21H,1,8-9,13-14H2,(H2,29,32). The summed E-state index contributed by atoms with van der Waals surface area (Å²) in [6.07, 6.45) is 15.2. The molecule has 1 saturated heterocycles. The number of pyridine rings is 2. The second kappa shape index (κ2) is 9.35. The lowest BCUT2D eigenvalue weighted by Crippen LogP contribution is -2.15. The minimum Gasteiger partial charge on any atom is -0.383 e. The van der Waals surface area contributed by atoms with Gasteiger partial charge in [0, 0.05) is 54.7 Å². The van der Waals surface area contributed by atoms with E-state index in [9.17, 15) is 0 Å². The van der Waals surface area contributed by atoms with Gasteiger partial charge in [-0.05, 0) is 77.4 Å². The van der Waals surface area contributed by atoms with Crippen LogP contribution in [0.25, 0.3) is 28.0 Å². The van der Waals surface area contributed by atoms with Crippen molar-refractivity contribution in [1.29, 1.82) is 0 Å². The van der Waals surface area contributed by atoms with Crippen molar-refractivity contribution in [2.45, 2.75) is 18.8 Å². The van der Waals surface area contributed by atoms with Gasteiger partial charge in [0.25, 0.3) is 0 Å². The summed E-state index contributed by atoms with van der Waals surface area (Å²) < 4.78 is 5.61. The Labute approximate surface area is 194 Å². The fraction of sp³-hybridized carbons (Fsp3) is 0.179. The summed E-state index contributed by atoms with van der Waals surface area (Å²) in [6.45, 7) is 5.72. The molecule has 5 nitrogen and oxygen atoms in total. The van der Waals surface area contributed by atoms with Gasteiger partial charge in [-0.2, -0.15) is 0 Å². The molecule has 4 heterocycles. The number of allylic oxidation sites excluding steroid dienone is 4. The summed E-state index contributed by atoms with van der Waals surface area (Å²) in [5.74, 6) is 0.947. The molecular weight excluding hydrogens is 408 g/mol. The van der Waals surface area contributed by atoms with Gasteiger partial charge in [-0.15, -0.1) is 0 Å². The number of nitrogen functional groups attached to an aromatic ring is 1. The lowest BCUT2D eigenvalue weighted by atomic mass is 9.85. The Balaban J connectivity index is 1.62. The first-order chi connectivity index (χ1) is 16.2. The van der Waals surface area contributed by atoms with E-state index in [-0.39, 0.29) is 0 Å². The molecule has 2 N–H and O–H groups in total. The van der Waals surface area contributed by atoms with Crippen molar-refractivity contribution in [1.82, 2.24) is 9.97 Å². The summed E-state index contributed by atoms with van der Waals surface area (Å²) in [6, 6.07) is 12.6. The van der Waals surface area contributed by atoms with E-state index >= 15 is 0 Å². The zero-order chi connectivity index (χ0) is 22.6. The Morgan fingerprint density at radius 2 is 1.73 bits per heavy atom. The van der Waals surface area contributed by atoms with Crippen LogP contribution in [0, 0.1) is 0 Å². The van der Waals surface area contributed by atoms with Crippen molar-refractivity contribution < 1.29 is 4.74 Å². The predicted molar refractivity (Wildman–Crippen MR) is 135 cm³/mol. The largest absolute Gasteiger partial charge is 0.383 e. The van der Waals surface area contributed by atoms with Crippen LogP contribution in [-0.2, 0) is 4.74 Å². The van der Waals surface area contributed by atoms with E-state index in [1.807, 2.05) is 42.8 Å². The van der Waals surface area contributed by atoms with Crippen molar-refractivity contribution in [3.63, 3.8) is 0 Å². The monoisotopic (exact) mass is 434 g/mol. The Morgan fingerprint density at radius 3 is 2.55 bits per heavy atom. The van der Waals surface area contributed by atoms with Crippen LogP contribution in [-0.4, -0.2) is 29.4 Å². The first-order valence-electron chi connectivity index (χ1n) is 11.2. The van der Waals surface area contributed by atoms with Gasteiger partial charge in [-0.3, -0.25) is 9.98 Å². The van der Waals surface area contributed by atoms with E-state index in [0.717, 1.165) is 65.1 Å². The number of rotatable bonds is 4. The average molecular weight is 435 g/mol. The second-order valence-electron chi connectivity index (χ2n) is 8.32. The SMILES string of the molecule is C=C1C=CC=NC(c2cc(-c3cnc(N)c(-c4ccncc4)c3)ccc2C2CCOCC2)=C1. The summed E-state index contributed by atoms with van der Waals surface area (Å²) in [5.41, 5.74) is 14.5. The molecule has 0 aliphatic carbocycles. The Bertz CT molecular complexity index is 1270. The van der Waals surface area contributed by atoms with Crippen LogP contribution in [0.4, 0.5) is 5.82 Å². The Kier molecular flexibility index (Phi) is 5.96. The summed E-state index contributed by atoms with van der Waals surface area (Å²) in [7, 11) is 0. The van der Waals surface area contributed by atoms with Gasteiger partial charge in [0.2, 0.25) is 0 Å². The maximum Gasteiger partial charge on any atom is 0.131 e. The van der Waals surface area contributed by atoms with Crippen molar-refractivity contribution >= 4 is 17.7 Å². The van der Waals surface area contributed by atoms with Gasteiger partial charge >= 0.3 is 0 Å². The van der Waals surface area contributed by atoms with E-state index < -0.39 is 0 Å². The lowest BCUT2D eigenvalue weighted by Gasteiger charge is -2.25. The minimum atomic E-state index is 0.445. The van der Waals surface area contributed by atoms with Crippen LogP contribution in [0.15, 0.2) is 90.4 Å². The molecule has 0 amide bonds. The van der Waals surface area contributed by atoms with Crippen molar-refractivity contribution in [2.24, 2.45) is 4.99 Å². The third-order valence-corrected chi connectivity index (χ3v) is 6.17. The first kappa shape index (κ1) is 21.0.